The molecule has 0 saturated carbocycles. The van der Waals surface area contributed by atoms with Crippen LogP contribution in [0.3, 0.4) is 0 Å². The van der Waals surface area contributed by atoms with Crippen LogP contribution in [0.2, 0.25) is 0 Å². The van der Waals surface area contributed by atoms with Crippen LogP contribution in [0.1, 0.15) is 15.8 Å². The second-order valence-corrected chi connectivity index (χ2v) is 4.35. The number of thiophene rings is 1. The predicted octanol–water partition coefficient (Wildman–Crippen LogP) is 4.22. The molecule has 0 radical (unpaired) electrons. The van der Waals surface area contributed by atoms with Crippen molar-refractivity contribution in [2.45, 2.75) is 5.38 Å². The van der Waals surface area contributed by atoms with E-state index in [1.54, 1.807) is 17.4 Å². The third-order valence-corrected chi connectivity index (χ3v) is 3.49. The molecule has 1 aromatic heterocycles. The van der Waals surface area contributed by atoms with Gasteiger partial charge in [-0.2, -0.15) is 0 Å². The first-order valence-corrected chi connectivity index (χ1v) is 5.52. The molecule has 0 bridgehead atoms. The van der Waals surface area contributed by atoms with E-state index in [0.29, 0.717) is 0 Å². The van der Waals surface area contributed by atoms with E-state index in [1.807, 2.05) is 23.6 Å². The van der Waals surface area contributed by atoms with E-state index in [2.05, 4.69) is 0 Å². The van der Waals surface area contributed by atoms with Gasteiger partial charge in [0.15, 0.2) is 0 Å². The number of hydrogen-bond donors (Lipinski definition) is 0. The van der Waals surface area contributed by atoms with Gasteiger partial charge in [-0.15, -0.1) is 22.9 Å². The van der Waals surface area contributed by atoms with Crippen molar-refractivity contribution in [2.24, 2.45) is 0 Å². The van der Waals surface area contributed by atoms with Crippen molar-refractivity contribution >= 4 is 22.9 Å². The highest BCUT2D eigenvalue weighted by molar-refractivity contribution is 7.10. The van der Waals surface area contributed by atoms with Gasteiger partial charge in [0.2, 0.25) is 0 Å². The van der Waals surface area contributed by atoms with Gasteiger partial charge in [-0.05, 0) is 29.1 Å². The molecule has 0 aliphatic carbocycles. The summed E-state index contributed by atoms with van der Waals surface area (Å²) >= 11 is 7.77. The fraction of sp³-hybridized carbons (Fsp3) is 0.0909. The van der Waals surface area contributed by atoms with Gasteiger partial charge in [0.05, 0.1) is 5.38 Å². The molecule has 14 heavy (non-hydrogen) atoms. The minimum Gasteiger partial charge on any atom is -0.207 e. The van der Waals surface area contributed by atoms with Crippen molar-refractivity contribution in [3.8, 4) is 0 Å². The van der Waals surface area contributed by atoms with Gasteiger partial charge < -0.3 is 0 Å². The molecule has 3 heteroatoms. The van der Waals surface area contributed by atoms with Crippen molar-refractivity contribution in [3.05, 3.63) is 58.0 Å². The highest BCUT2D eigenvalue weighted by Gasteiger charge is 2.11. The normalized spacial score (nSPS) is 12.7. The third-order valence-electron chi connectivity index (χ3n) is 1.93. The second kappa shape index (κ2) is 4.11. The second-order valence-electron chi connectivity index (χ2n) is 2.93. The Balaban J connectivity index is 2.32. The Morgan fingerprint density at radius 3 is 2.71 bits per heavy atom. The summed E-state index contributed by atoms with van der Waals surface area (Å²) in [5.41, 5.74) is 0.800. The fourth-order valence-corrected chi connectivity index (χ4v) is 2.35. The van der Waals surface area contributed by atoms with Gasteiger partial charge in [-0.1, -0.05) is 18.2 Å². The summed E-state index contributed by atoms with van der Waals surface area (Å²) in [7, 11) is 0. The van der Waals surface area contributed by atoms with E-state index < -0.39 is 0 Å². The summed E-state index contributed by atoms with van der Waals surface area (Å²) in [6.07, 6.45) is 0. The Labute approximate surface area is 91.0 Å². The molecular weight excluding hydrogens is 219 g/mol. The molecule has 1 unspecified atom stereocenters. The van der Waals surface area contributed by atoms with Crippen molar-refractivity contribution in [3.63, 3.8) is 0 Å². The molecule has 0 saturated heterocycles. The molecule has 1 atom stereocenters. The Morgan fingerprint density at radius 1 is 1.21 bits per heavy atom. The molecule has 1 heterocycles. The molecule has 0 fully saturated rings. The fourth-order valence-electron chi connectivity index (χ4n) is 1.26. The molecule has 2 rings (SSSR count). The maximum Gasteiger partial charge on any atom is 0.123 e. The van der Waals surface area contributed by atoms with Crippen LogP contribution in [0.4, 0.5) is 4.39 Å². The molecular formula is C11H8ClFS. The van der Waals surface area contributed by atoms with Crippen molar-refractivity contribution in [1.82, 2.24) is 0 Å². The Kier molecular flexibility index (Phi) is 2.85. The summed E-state index contributed by atoms with van der Waals surface area (Å²) in [6.45, 7) is 0. The van der Waals surface area contributed by atoms with E-state index in [4.69, 9.17) is 11.6 Å². The van der Waals surface area contributed by atoms with Crippen LogP contribution < -0.4 is 0 Å². The maximum absolute atomic E-state index is 12.9. The molecule has 0 nitrogen and oxygen atoms in total. The van der Waals surface area contributed by atoms with E-state index >= 15 is 0 Å². The zero-order valence-electron chi connectivity index (χ0n) is 7.28. The molecule has 0 spiro atoms. The molecule has 0 N–H and O–H groups in total. The lowest BCUT2D eigenvalue weighted by Gasteiger charge is -2.06. The van der Waals surface area contributed by atoms with Crippen LogP contribution in [-0.2, 0) is 0 Å². The van der Waals surface area contributed by atoms with Gasteiger partial charge in [0.25, 0.3) is 0 Å². The molecule has 0 amide bonds. The molecule has 0 aliphatic heterocycles. The summed E-state index contributed by atoms with van der Waals surface area (Å²) in [5.74, 6) is -0.246. The highest BCUT2D eigenvalue weighted by atomic mass is 35.5. The summed E-state index contributed by atoms with van der Waals surface area (Å²) in [4.78, 5) is 1.04. The monoisotopic (exact) mass is 226 g/mol. The number of benzene rings is 1. The Bertz CT molecular complexity index is 411. The maximum atomic E-state index is 12.9. The summed E-state index contributed by atoms with van der Waals surface area (Å²) < 4.78 is 12.9. The lowest BCUT2D eigenvalue weighted by atomic mass is 10.1. The van der Waals surface area contributed by atoms with Gasteiger partial charge in [-0.25, -0.2) is 4.39 Å². The largest absolute Gasteiger partial charge is 0.207 e. The van der Waals surface area contributed by atoms with E-state index in [0.717, 1.165) is 10.4 Å². The van der Waals surface area contributed by atoms with Crippen LogP contribution in [0.25, 0.3) is 0 Å². The summed E-state index contributed by atoms with van der Waals surface area (Å²) in [6, 6.07) is 10.3. The van der Waals surface area contributed by atoms with Crippen LogP contribution >= 0.6 is 22.9 Å². The smallest absolute Gasteiger partial charge is 0.123 e. The van der Waals surface area contributed by atoms with Crippen molar-refractivity contribution in [1.29, 1.82) is 0 Å². The van der Waals surface area contributed by atoms with Gasteiger partial charge in [0.1, 0.15) is 5.82 Å². The molecule has 0 aliphatic rings. The Morgan fingerprint density at radius 2 is 2.07 bits per heavy atom. The van der Waals surface area contributed by atoms with Crippen LogP contribution in [-0.4, -0.2) is 0 Å². The summed E-state index contributed by atoms with van der Waals surface area (Å²) in [5, 5.41) is 1.72. The Hall–Kier alpha value is -0.860. The van der Waals surface area contributed by atoms with Gasteiger partial charge in [-0.3, -0.25) is 0 Å². The van der Waals surface area contributed by atoms with E-state index in [1.165, 1.54) is 12.1 Å². The minimum absolute atomic E-state index is 0.245. The quantitative estimate of drug-likeness (QED) is 0.673. The average molecular weight is 227 g/mol. The van der Waals surface area contributed by atoms with Crippen molar-refractivity contribution < 1.29 is 4.39 Å². The first-order valence-electron chi connectivity index (χ1n) is 4.20. The van der Waals surface area contributed by atoms with Crippen LogP contribution in [0.15, 0.2) is 41.8 Å². The number of halogens is 2. The van der Waals surface area contributed by atoms with Gasteiger partial charge in [0, 0.05) is 4.88 Å². The van der Waals surface area contributed by atoms with Crippen LogP contribution in [0.5, 0.6) is 0 Å². The predicted molar refractivity (Wildman–Crippen MR) is 58.4 cm³/mol. The van der Waals surface area contributed by atoms with E-state index in [-0.39, 0.29) is 11.2 Å². The average Bonchev–Trinajstić information content (AvgIpc) is 2.69. The molecule has 72 valence electrons. The van der Waals surface area contributed by atoms with Crippen molar-refractivity contribution in [2.75, 3.05) is 0 Å². The zero-order valence-corrected chi connectivity index (χ0v) is 8.86. The molecule has 1 aromatic carbocycles. The topological polar surface area (TPSA) is 0 Å². The minimum atomic E-state index is -0.246. The zero-order chi connectivity index (χ0) is 9.97. The first-order chi connectivity index (χ1) is 6.77. The van der Waals surface area contributed by atoms with Crippen LogP contribution in [0, 0.1) is 5.82 Å². The molecule has 2 aromatic rings. The number of alkyl halides is 1. The standard InChI is InChI=1S/C11H8ClFS/c12-11(10-5-2-6-14-10)8-3-1-4-9(13)7-8/h1-7,11H. The van der Waals surface area contributed by atoms with Gasteiger partial charge >= 0.3 is 0 Å². The number of rotatable bonds is 2. The SMILES string of the molecule is Fc1cccc(C(Cl)c2cccs2)c1. The highest BCUT2D eigenvalue weighted by Crippen LogP contribution is 2.31. The first kappa shape index (κ1) is 9.69. The van der Waals surface area contributed by atoms with E-state index in [9.17, 15) is 4.39 Å². The lowest BCUT2D eigenvalue weighted by Crippen LogP contribution is -1.90. The lowest BCUT2D eigenvalue weighted by molar-refractivity contribution is 0.626. The number of hydrogen-bond acceptors (Lipinski definition) is 1. The third kappa shape index (κ3) is 1.97.